The number of allylic oxidation sites excluding steroid dienone is 2. The third kappa shape index (κ3) is 4.45. The maximum absolute atomic E-state index is 13.3. The van der Waals surface area contributed by atoms with Crippen LogP contribution in [0.5, 0.6) is 0 Å². The lowest BCUT2D eigenvalue weighted by atomic mass is 9.87. The van der Waals surface area contributed by atoms with Gasteiger partial charge in [0.2, 0.25) is 11.6 Å². The van der Waals surface area contributed by atoms with Crippen LogP contribution in [-0.2, 0) is 15.4 Å². The van der Waals surface area contributed by atoms with Crippen LogP contribution in [0.2, 0.25) is 0 Å². The Morgan fingerprint density at radius 3 is 1.73 bits per heavy atom. The molecular formula is C26H24N2O4S. The Morgan fingerprint density at radius 1 is 0.667 bits per heavy atom. The molecule has 0 aliphatic heterocycles. The number of sulfonamides is 1. The number of rotatable bonds is 5. The van der Waals surface area contributed by atoms with Crippen LogP contribution in [0.15, 0.2) is 95.2 Å². The van der Waals surface area contributed by atoms with Gasteiger partial charge in [-0.2, -0.15) is 0 Å². The Balaban J connectivity index is 1.79. The highest BCUT2D eigenvalue weighted by Crippen LogP contribution is 2.29. The quantitative estimate of drug-likeness (QED) is 0.578. The Labute approximate surface area is 193 Å². The molecule has 0 atom stereocenters. The van der Waals surface area contributed by atoms with Crippen LogP contribution in [0, 0.1) is 0 Å². The van der Waals surface area contributed by atoms with Crippen molar-refractivity contribution in [2.75, 3.05) is 5.32 Å². The minimum atomic E-state index is -4.09. The lowest BCUT2D eigenvalue weighted by Crippen LogP contribution is -2.36. The molecule has 3 aromatic carbocycles. The van der Waals surface area contributed by atoms with E-state index in [2.05, 4.69) is 30.8 Å². The molecular weight excluding hydrogens is 436 g/mol. The largest absolute Gasteiger partial charge is 0.350 e. The van der Waals surface area contributed by atoms with Crippen molar-refractivity contribution in [2.45, 2.75) is 31.1 Å². The van der Waals surface area contributed by atoms with Gasteiger partial charge in [-0.3, -0.25) is 14.3 Å². The SMILES string of the molecule is CC(C)(C)c1ccc(NC2=C(NS(=O)(=O)c3ccccc3)C(=O)c3ccccc3C2=O)cc1. The minimum absolute atomic E-state index is 0.00881. The van der Waals surface area contributed by atoms with Crippen LogP contribution in [0.1, 0.15) is 47.1 Å². The lowest BCUT2D eigenvalue weighted by Gasteiger charge is -2.23. The van der Waals surface area contributed by atoms with E-state index in [9.17, 15) is 18.0 Å². The molecule has 168 valence electrons. The fraction of sp³-hybridized carbons (Fsp3) is 0.154. The number of carbonyl (C=O) groups excluding carboxylic acids is 2. The summed E-state index contributed by atoms with van der Waals surface area (Å²) in [6.07, 6.45) is 0. The number of hydrogen-bond acceptors (Lipinski definition) is 5. The maximum Gasteiger partial charge on any atom is 0.262 e. The maximum atomic E-state index is 13.3. The molecule has 0 unspecified atom stereocenters. The molecule has 0 fully saturated rings. The monoisotopic (exact) mass is 460 g/mol. The van der Waals surface area contributed by atoms with Crippen LogP contribution < -0.4 is 10.0 Å². The second kappa shape index (κ2) is 8.33. The predicted octanol–water partition coefficient (Wildman–Crippen LogP) is 4.67. The highest BCUT2D eigenvalue weighted by atomic mass is 32.2. The second-order valence-corrected chi connectivity index (χ2v) is 10.5. The van der Waals surface area contributed by atoms with Gasteiger partial charge in [0.25, 0.3) is 10.0 Å². The van der Waals surface area contributed by atoms with Crippen LogP contribution in [0.25, 0.3) is 0 Å². The summed E-state index contributed by atoms with van der Waals surface area (Å²) in [6.45, 7) is 6.28. The number of nitrogens with one attached hydrogen (secondary N) is 2. The number of carbonyl (C=O) groups is 2. The number of ketones is 2. The summed E-state index contributed by atoms with van der Waals surface area (Å²) in [5, 5.41) is 2.99. The van der Waals surface area contributed by atoms with Gasteiger partial charge in [0.1, 0.15) is 11.4 Å². The topological polar surface area (TPSA) is 92.3 Å². The van der Waals surface area contributed by atoms with E-state index in [0.29, 0.717) is 5.69 Å². The first-order valence-corrected chi connectivity index (χ1v) is 11.9. The fourth-order valence-corrected chi connectivity index (χ4v) is 4.68. The molecule has 0 aromatic heterocycles. The van der Waals surface area contributed by atoms with E-state index in [1.807, 2.05) is 12.1 Å². The first-order valence-electron chi connectivity index (χ1n) is 10.5. The number of fused-ring (bicyclic) bond motifs is 1. The lowest BCUT2D eigenvalue weighted by molar-refractivity contribution is 0.0972. The van der Waals surface area contributed by atoms with E-state index in [0.717, 1.165) is 5.56 Å². The molecule has 0 heterocycles. The molecule has 33 heavy (non-hydrogen) atoms. The van der Waals surface area contributed by atoms with E-state index < -0.39 is 21.6 Å². The van der Waals surface area contributed by atoms with Gasteiger partial charge in [0.15, 0.2) is 0 Å². The van der Waals surface area contributed by atoms with Gasteiger partial charge in [-0.05, 0) is 35.2 Å². The zero-order chi connectivity index (χ0) is 23.8. The van der Waals surface area contributed by atoms with Gasteiger partial charge < -0.3 is 5.32 Å². The first kappa shape index (κ1) is 22.5. The van der Waals surface area contributed by atoms with E-state index >= 15 is 0 Å². The summed E-state index contributed by atoms with van der Waals surface area (Å²) in [5.74, 6) is -1.03. The number of anilines is 1. The highest BCUT2D eigenvalue weighted by Gasteiger charge is 2.34. The van der Waals surface area contributed by atoms with Crippen LogP contribution in [-0.4, -0.2) is 20.0 Å². The average molecular weight is 461 g/mol. The van der Waals surface area contributed by atoms with Gasteiger partial charge >= 0.3 is 0 Å². The van der Waals surface area contributed by atoms with Gasteiger partial charge in [-0.25, -0.2) is 8.42 Å². The van der Waals surface area contributed by atoms with Gasteiger partial charge in [0.05, 0.1) is 4.90 Å². The standard InChI is InChI=1S/C26H24N2O4S/c1-26(2,3)17-13-15-18(16-14-17)27-22-23(28-33(31,32)19-9-5-4-6-10-19)25(30)21-12-8-7-11-20(21)24(22)29/h4-16,27-28H,1-3H3. The average Bonchev–Trinajstić information content (AvgIpc) is 2.80. The van der Waals surface area contributed by atoms with Crippen molar-refractivity contribution in [1.29, 1.82) is 0 Å². The Hall–Kier alpha value is -3.71. The molecule has 3 aromatic rings. The summed E-state index contributed by atoms with van der Waals surface area (Å²) in [4.78, 5) is 26.6. The normalized spacial score (nSPS) is 14.2. The van der Waals surface area contributed by atoms with Crippen LogP contribution in [0.3, 0.4) is 0 Å². The third-order valence-corrected chi connectivity index (χ3v) is 6.80. The van der Waals surface area contributed by atoms with Crippen molar-refractivity contribution < 1.29 is 18.0 Å². The number of benzene rings is 3. The zero-order valence-electron chi connectivity index (χ0n) is 18.5. The zero-order valence-corrected chi connectivity index (χ0v) is 19.4. The molecule has 0 radical (unpaired) electrons. The van der Waals surface area contributed by atoms with Crippen molar-refractivity contribution in [3.8, 4) is 0 Å². The molecule has 0 amide bonds. The Morgan fingerprint density at radius 2 is 1.18 bits per heavy atom. The molecule has 6 nitrogen and oxygen atoms in total. The van der Waals surface area contributed by atoms with E-state index in [4.69, 9.17) is 0 Å². The molecule has 0 spiro atoms. The van der Waals surface area contributed by atoms with Crippen molar-refractivity contribution in [2.24, 2.45) is 0 Å². The molecule has 2 N–H and O–H groups in total. The van der Waals surface area contributed by atoms with E-state index in [1.54, 1.807) is 48.5 Å². The molecule has 4 rings (SSSR count). The number of Topliss-reactive ketones (excluding diaryl/α,β-unsaturated/α-hetero) is 2. The summed E-state index contributed by atoms with van der Waals surface area (Å²) >= 11 is 0. The molecule has 0 bridgehead atoms. The van der Waals surface area contributed by atoms with Gasteiger partial charge in [-0.1, -0.05) is 75.4 Å². The Kier molecular flexibility index (Phi) is 5.68. The smallest absolute Gasteiger partial charge is 0.262 e. The van der Waals surface area contributed by atoms with Crippen molar-refractivity contribution in [1.82, 2.24) is 4.72 Å². The second-order valence-electron chi connectivity index (χ2n) is 8.82. The minimum Gasteiger partial charge on any atom is -0.350 e. The van der Waals surface area contributed by atoms with E-state index in [1.165, 1.54) is 18.2 Å². The molecule has 1 aliphatic carbocycles. The molecule has 0 saturated carbocycles. The molecule has 7 heteroatoms. The highest BCUT2D eigenvalue weighted by molar-refractivity contribution is 7.89. The van der Waals surface area contributed by atoms with Crippen LogP contribution >= 0.6 is 0 Å². The van der Waals surface area contributed by atoms with Crippen molar-refractivity contribution >= 4 is 27.3 Å². The number of hydrogen-bond donors (Lipinski definition) is 2. The molecule has 1 aliphatic rings. The molecule has 0 saturated heterocycles. The predicted molar refractivity (Wildman–Crippen MR) is 128 cm³/mol. The third-order valence-electron chi connectivity index (χ3n) is 5.43. The van der Waals surface area contributed by atoms with Crippen molar-refractivity contribution in [3.63, 3.8) is 0 Å². The summed E-state index contributed by atoms with van der Waals surface area (Å²) in [7, 11) is -4.09. The van der Waals surface area contributed by atoms with Gasteiger partial charge in [0, 0.05) is 16.8 Å². The van der Waals surface area contributed by atoms with Gasteiger partial charge in [-0.15, -0.1) is 0 Å². The summed E-state index contributed by atoms with van der Waals surface area (Å²) in [6, 6.07) is 21.5. The summed E-state index contributed by atoms with van der Waals surface area (Å²) < 4.78 is 28.3. The first-order chi connectivity index (χ1) is 15.6. The van der Waals surface area contributed by atoms with Crippen LogP contribution in [0.4, 0.5) is 5.69 Å². The Bertz CT molecular complexity index is 1370. The van der Waals surface area contributed by atoms with Crippen molar-refractivity contribution in [3.05, 3.63) is 107 Å². The fourth-order valence-electron chi connectivity index (χ4n) is 3.58. The van der Waals surface area contributed by atoms with E-state index in [-0.39, 0.29) is 32.8 Å². The summed E-state index contributed by atoms with van der Waals surface area (Å²) in [5.41, 5.74) is 1.58.